The average molecular weight is 310 g/mol. The van der Waals surface area contributed by atoms with E-state index in [1.165, 1.54) is 0 Å². The summed E-state index contributed by atoms with van der Waals surface area (Å²) in [6.45, 7) is 0.759. The fourth-order valence-electron chi connectivity index (χ4n) is 2.39. The van der Waals surface area contributed by atoms with Gasteiger partial charge in [-0.2, -0.15) is 0 Å². The average Bonchev–Trinajstić information content (AvgIpc) is 3.41. The van der Waals surface area contributed by atoms with E-state index in [-0.39, 0.29) is 11.8 Å². The van der Waals surface area contributed by atoms with E-state index < -0.39 is 5.41 Å². The lowest BCUT2D eigenvalue weighted by atomic mass is 10.0. The number of aromatic nitrogens is 2. The maximum atomic E-state index is 12.3. The fraction of sp³-hybridized carbons (Fsp3) is 0.294. The van der Waals surface area contributed by atoms with Gasteiger partial charge in [-0.15, -0.1) is 0 Å². The van der Waals surface area contributed by atoms with E-state index >= 15 is 0 Å². The third-order valence-electron chi connectivity index (χ3n) is 3.97. The number of nitrogens with one attached hydrogen (secondary N) is 2. The molecule has 3 rings (SSSR count). The van der Waals surface area contributed by atoms with E-state index in [9.17, 15) is 9.59 Å². The van der Waals surface area contributed by atoms with Crippen LogP contribution < -0.4 is 10.6 Å². The number of hydrogen-bond donors (Lipinski definition) is 2. The summed E-state index contributed by atoms with van der Waals surface area (Å²) in [5.41, 5.74) is 0.907. The molecule has 1 aliphatic rings. The third-order valence-corrected chi connectivity index (χ3v) is 3.97. The zero-order valence-electron chi connectivity index (χ0n) is 12.7. The topological polar surface area (TPSA) is 84.0 Å². The van der Waals surface area contributed by atoms with Gasteiger partial charge in [-0.05, 0) is 36.1 Å². The zero-order chi connectivity index (χ0) is 16.1. The van der Waals surface area contributed by atoms with Crippen molar-refractivity contribution in [3.8, 4) is 0 Å². The van der Waals surface area contributed by atoms with Gasteiger partial charge < -0.3 is 10.6 Å². The Morgan fingerprint density at radius 3 is 1.74 bits per heavy atom. The van der Waals surface area contributed by atoms with E-state index in [1.54, 1.807) is 24.8 Å². The first-order chi connectivity index (χ1) is 11.2. The predicted octanol–water partition coefficient (Wildman–Crippen LogP) is 1.19. The summed E-state index contributed by atoms with van der Waals surface area (Å²) in [4.78, 5) is 32.7. The second kappa shape index (κ2) is 6.56. The Morgan fingerprint density at radius 2 is 1.39 bits per heavy atom. The molecule has 0 aliphatic heterocycles. The van der Waals surface area contributed by atoms with Crippen LogP contribution in [-0.2, 0) is 22.7 Å². The number of nitrogens with zero attached hydrogens (tertiary/aromatic N) is 2. The Bertz CT molecular complexity index is 627. The first-order valence-electron chi connectivity index (χ1n) is 7.55. The van der Waals surface area contributed by atoms with Gasteiger partial charge >= 0.3 is 0 Å². The first-order valence-corrected chi connectivity index (χ1v) is 7.55. The Kier molecular flexibility index (Phi) is 4.32. The molecule has 1 aliphatic carbocycles. The number of carbonyl (C=O) groups is 2. The minimum Gasteiger partial charge on any atom is -0.351 e. The van der Waals surface area contributed by atoms with Crippen LogP contribution in [-0.4, -0.2) is 21.8 Å². The van der Waals surface area contributed by atoms with Crippen molar-refractivity contribution in [1.82, 2.24) is 20.6 Å². The van der Waals surface area contributed by atoms with E-state index in [1.807, 2.05) is 24.3 Å². The lowest BCUT2D eigenvalue weighted by molar-refractivity contribution is -0.137. The van der Waals surface area contributed by atoms with Gasteiger partial charge in [-0.3, -0.25) is 19.6 Å². The minimum atomic E-state index is -0.912. The maximum absolute atomic E-state index is 12.3. The second-order valence-corrected chi connectivity index (χ2v) is 5.67. The molecule has 1 fully saturated rings. The van der Waals surface area contributed by atoms with E-state index in [0.29, 0.717) is 25.9 Å². The maximum Gasteiger partial charge on any atom is 0.235 e. The number of rotatable bonds is 6. The van der Waals surface area contributed by atoms with Crippen molar-refractivity contribution in [3.05, 3.63) is 60.2 Å². The molecule has 6 heteroatoms. The SMILES string of the molecule is O=C(NCc1cccnc1)C1(C(=O)NCc2cccnc2)CC1. The summed E-state index contributed by atoms with van der Waals surface area (Å²) in [5, 5.41) is 5.66. The lowest BCUT2D eigenvalue weighted by Crippen LogP contribution is -2.42. The van der Waals surface area contributed by atoms with Crippen molar-refractivity contribution in [2.75, 3.05) is 0 Å². The van der Waals surface area contributed by atoms with Gasteiger partial charge in [0.1, 0.15) is 5.41 Å². The van der Waals surface area contributed by atoms with Crippen LogP contribution in [0.1, 0.15) is 24.0 Å². The molecule has 118 valence electrons. The smallest absolute Gasteiger partial charge is 0.235 e. The molecule has 0 aromatic carbocycles. The molecule has 2 heterocycles. The summed E-state index contributed by atoms with van der Waals surface area (Å²) in [5.74, 6) is -0.435. The first kappa shape index (κ1) is 15.1. The van der Waals surface area contributed by atoms with E-state index in [2.05, 4.69) is 20.6 Å². The quantitative estimate of drug-likeness (QED) is 0.785. The molecular weight excluding hydrogens is 292 g/mol. The largest absolute Gasteiger partial charge is 0.351 e. The summed E-state index contributed by atoms with van der Waals surface area (Å²) in [6, 6.07) is 7.40. The van der Waals surface area contributed by atoms with Crippen LogP contribution in [0.5, 0.6) is 0 Å². The summed E-state index contributed by atoms with van der Waals surface area (Å²) < 4.78 is 0. The van der Waals surface area contributed by atoms with Crippen molar-refractivity contribution in [3.63, 3.8) is 0 Å². The Labute approximate surface area is 134 Å². The highest BCUT2D eigenvalue weighted by atomic mass is 16.2. The molecule has 2 aromatic heterocycles. The highest BCUT2D eigenvalue weighted by molar-refractivity contribution is 6.07. The molecule has 6 nitrogen and oxygen atoms in total. The van der Waals surface area contributed by atoms with Crippen LogP contribution in [0.25, 0.3) is 0 Å². The van der Waals surface area contributed by atoms with Crippen LogP contribution in [0.2, 0.25) is 0 Å². The predicted molar refractivity (Wildman–Crippen MR) is 83.8 cm³/mol. The molecular formula is C17H18N4O2. The van der Waals surface area contributed by atoms with Crippen LogP contribution in [0.3, 0.4) is 0 Å². The molecule has 0 saturated heterocycles. The molecule has 2 N–H and O–H groups in total. The van der Waals surface area contributed by atoms with Crippen LogP contribution >= 0.6 is 0 Å². The summed E-state index contributed by atoms with van der Waals surface area (Å²) >= 11 is 0. The fourth-order valence-corrected chi connectivity index (χ4v) is 2.39. The summed E-state index contributed by atoms with van der Waals surface area (Å²) in [6.07, 6.45) is 7.93. The molecule has 0 spiro atoms. The molecule has 2 amide bonds. The van der Waals surface area contributed by atoms with Gasteiger partial charge in [0.15, 0.2) is 0 Å². The zero-order valence-corrected chi connectivity index (χ0v) is 12.7. The van der Waals surface area contributed by atoms with Gasteiger partial charge in [0.25, 0.3) is 0 Å². The Balaban J connectivity index is 1.53. The number of pyridine rings is 2. The lowest BCUT2D eigenvalue weighted by Gasteiger charge is -2.15. The molecule has 0 unspecified atom stereocenters. The van der Waals surface area contributed by atoms with Crippen LogP contribution in [0.15, 0.2) is 49.1 Å². The van der Waals surface area contributed by atoms with Crippen molar-refractivity contribution in [1.29, 1.82) is 0 Å². The normalized spacial score (nSPS) is 14.8. The number of carbonyl (C=O) groups excluding carboxylic acids is 2. The van der Waals surface area contributed by atoms with Crippen molar-refractivity contribution >= 4 is 11.8 Å². The van der Waals surface area contributed by atoms with Crippen LogP contribution in [0.4, 0.5) is 0 Å². The standard InChI is InChI=1S/C17H18N4O2/c22-15(20-11-13-3-1-7-18-9-13)17(5-6-17)16(23)21-12-14-4-2-8-19-10-14/h1-4,7-10H,5-6,11-12H2,(H,20,22)(H,21,23). The highest BCUT2D eigenvalue weighted by Crippen LogP contribution is 2.46. The molecule has 2 aromatic rings. The number of amides is 2. The van der Waals surface area contributed by atoms with E-state index in [4.69, 9.17) is 0 Å². The Hall–Kier alpha value is -2.76. The highest BCUT2D eigenvalue weighted by Gasteiger charge is 2.56. The van der Waals surface area contributed by atoms with Gasteiger partial charge in [0, 0.05) is 37.9 Å². The van der Waals surface area contributed by atoms with Gasteiger partial charge in [0.2, 0.25) is 11.8 Å². The van der Waals surface area contributed by atoms with Crippen molar-refractivity contribution < 1.29 is 9.59 Å². The molecule has 0 atom stereocenters. The van der Waals surface area contributed by atoms with Crippen molar-refractivity contribution in [2.24, 2.45) is 5.41 Å². The van der Waals surface area contributed by atoms with Gasteiger partial charge in [-0.1, -0.05) is 12.1 Å². The van der Waals surface area contributed by atoms with Gasteiger partial charge in [-0.25, -0.2) is 0 Å². The van der Waals surface area contributed by atoms with E-state index in [0.717, 1.165) is 11.1 Å². The Morgan fingerprint density at radius 1 is 0.913 bits per heavy atom. The van der Waals surface area contributed by atoms with Crippen molar-refractivity contribution in [2.45, 2.75) is 25.9 Å². The van der Waals surface area contributed by atoms with Gasteiger partial charge in [0.05, 0.1) is 0 Å². The minimum absolute atomic E-state index is 0.218. The third kappa shape index (κ3) is 3.53. The summed E-state index contributed by atoms with van der Waals surface area (Å²) in [7, 11) is 0. The van der Waals surface area contributed by atoms with Crippen LogP contribution in [0, 0.1) is 5.41 Å². The monoisotopic (exact) mass is 310 g/mol. The molecule has 0 radical (unpaired) electrons. The molecule has 0 bridgehead atoms. The molecule has 1 saturated carbocycles. The number of hydrogen-bond acceptors (Lipinski definition) is 4. The second-order valence-electron chi connectivity index (χ2n) is 5.67. The molecule has 23 heavy (non-hydrogen) atoms.